The summed E-state index contributed by atoms with van der Waals surface area (Å²) in [4.78, 5) is 24.2. The topological polar surface area (TPSA) is 73.2 Å². The molecule has 3 aromatic rings. The number of amides is 1. The Kier molecular flexibility index (Phi) is 5.78. The van der Waals surface area contributed by atoms with E-state index < -0.39 is 23.4 Å². The Hall–Kier alpha value is -3.55. The van der Waals surface area contributed by atoms with Crippen LogP contribution in [0, 0.1) is 11.6 Å². The van der Waals surface area contributed by atoms with Crippen LogP contribution in [0.4, 0.5) is 8.78 Å². The van der Waals surface area contributed by atoms with E-state index in [1.165, 1.54) is 55.5 Å². The lowest BCUT2D eigenvalue weighted by Crippen LogP contribution is -2.36. The summed E-state index contributed by atoms with van der Waals surface area (Å²) in [6.45, 7) is 1.67. The number of ether oxygens (including phenoxy) is 1. The van der Waals surface area contributed by atoms with E-state index in [-0.39, 0.29) is 18.2 Å². The lowest BCUT2D eigenvalue weighted by Gasteiger charge is -2.15. The number of hydrogen-bond acceptors (Lipinski definition) is 4. The zero-order valence-electron chi connectivity index (χ0n) is 14.9. The van der Waals surface area contributed by atoms with Gasteiger partial charge in [0.25, 0.3) is 11.5 Å². The van der Waals surface area contributed by atoms with Crippen molar-refractivity contribution in [3.05, 3.63) is 88.2 Å². The van der Waals surface area contributed by atoms with Crippen molar-refractivity contribution in [1.82, 2.24) is 15.1 Å². The second-order valence-corrected chi connectivity index (χ2v) is 6.01. The Labute approximate surface area is 159 Å². The zero-order valence-corrected chi connectivity index (χ0v) is 14.9. The predicted octanol–water partition coefficient (Wildman–Crippen LogP) is 2.59. The largest absolute Gasteiger partial charge is 0.464 e. The van der Waals surface area contributed by atoms with Crippen LogP contribution < -0.4 is 15.6 Å². The van der Waals surface area contributed by atoms with Crippen LogP contribution in [0.3, 0.4) is 0 Å². The maximum absolute atomic E-state index is 13.2. The average molecular weight is 385 g/mol. The van der Waals surface area contributed by atoms with Gasteiger partial charge in [0.05, 0.1) is 5.69 Å². The van der Waals surface area contributed by atoms with Gasteiger partial charge in [-0.3, -0.25) is 9.59 Å². The molecule has 3 rings (SSSR count). The smallest absolute Gasteiger partial charge is 0.271 e. The quantitative estimate of drug-likeness (QED) is 0.708. The van der Waals surface area contributed by atoms with E-state index in [2.05, 4.69) is 10.4 Å². The van der Waals surface area contributed by atoms with Gasteiger partial charge in [0, 0.05) is 18.7 Å². The molecule has 0 spiro atoms. The maximum Gasteiger partial charge on any atom is 0.271 e. The third kappa shape index (κ3) is 4.79. The molecule has 0 radical (unpaired) electrons. The Bertz CT molecular complexity index is 1040. The number of hydrogen-bond donors (Lipinski definition) is 1. The van der Waals surface area contributed by atoms with Gasteiger partial charge in [-0.1, -0.05) is 12.1 Å². The molecule has 1 atom stereocenters. The highest BCUT2D eigenvalue weighted by atomic mass is 19.1. The minimum atomic E-state index is -0.903. The Balaban J connectivity index is 1.67. The van der Waals surface area contributed by atoms with E-state index >= 15 is 0 Å². The summed E-state index contributed by atoms with van der Waals surface area (Å²) < 4.78 is 32.8. The van der Waals surface area contributed by atoms with Gasteiger partial charge in [-0.05, 0) is 48.9 Å². The van der Waals surface area contributed by atoms with Crippen LogP contribution in [0.2, 0.25) is 0 Å². The lowest BCUT2D eigenvalue weighted by molar-refractivity contribution is -0.127. The van der Waals surface area contributed by atoms with Gasteiger partial charge in [0.15, 0.2) is 6.10 Å². The summed E-state index contributed by atoms with van der Waals surface area (Å²) in [6, 6.07) is 13.7. The van der Waals surface area contributed by atoms with E-state index in [1.807, 2.05) is 0 Å². The highest BCUT2D eigenvalue weighted by molar-refractivity contribution is 5.80. The first-order valence-electron chi connectivity index (χ1n) is 8.47. The molecule has 0 bridgehead atoms. The van der Waals surface area contributed by atoms with Gasteiger partial charge >= 0.3 is 0 Å². The Morgan fingerprint density at radius 2 is 1.86 bits per heavy atom. The summed E-state index contributed by atoms with van der Waals surface area (Å²) >= 11 is 0. The van der Waals surface area contributed by atoms with Gasteiger partial charge < -0.3 is 10.1 Å². The van der Waals surface area contributed by atoms with Crippen LogP contribution in [0.25, 0.3) is 5.69 Å². The molecular formula is C20H17F2N3O3. The lowest BCUT2D eigenvalue weighted by atomic mass is 10.2. The molecule has 1 N–H and O–H groups in total. The number of rotatable bonds is 6. The second-order valence-electron chi connectivity index (χ2n) is 6.01. The van der Waals surface area contributed by atoms with Crippen LogP contribution in [-0.2, 0) is 11.3 Å². The molecule has 144 valence electrons. The number of benzene rings is 2. The van der Waals surface area contributed by atoms with Crippen molar-refractivity contribution in [2.45, 2.75) is 19.6 Å². The molecule has 28 heavy (non-hydrogen) atoms. The van der Waals surface area contributed by atoms with Gasteiger partial charge in [0.2, 0.25) is 5.88 Å². The van der Waals surface area contributed by atoms with Gasteiger partial charge in [-0.2, -0.15) is 4.68 Å². The highest BCUT2D eigenvalue weighted by Crippen LogP contribution is 2.10. The van der Waals surface area contributed by atoms with Crippen molar-refractivity contribution in [2.75, 3.05) is 0 Å². The number of carbonyl (C=O) groups is 1. The van der Waals surface area contributed by atoms with Crippen molar-refractivity contribution in [3.8, 4) is 11.6 Å². The molecule has 0 saturated carbocycles. The van der Waals surface area contributed by atoms with Crippen molar-refractivity contribution in [3.63, 3.8) is 0 Å². The first-order valence-corrected chi connectivity index (χ1v) is 8.47. The molecule has 0 unspecified atom stereocenters. The molecule has 1 aromatic heterocycles. The standard InChI is InChI=1S/C20H17F2N3O3/c1-13(20(27)23-12-14-3-2-4-16(22)11-14)28-18-9-10-19(26)25(24-18)17-7-5-15(21)6-8-17/h2-11,13H,12H2,1H3,(H,23,27)/t13-/m0/s1. The third-order valence-electron chi connectivity index (χ3n) is 3.87. The van der Waals surface area contributed by atoms with Crippen LogP contribution >= 0.6 is 0 Å². The van der Waals surface area contributed by atoms with Crippen LogP contribution in [-0.4, -0.2) is 21.8 Å². The maximum atomic E-state index is 13.2. The molecule has 0 fully saturated rings. The van der Waals surface area contributed by atoms with Crippen LogP contribution in [0.5, 0.6) is 5.88 Å². The SMILES string of the molecule is C[C@H](Oc1ccc(=O)n(-c2ccc(F)cc2)n1)C(=O)NCc1cccc(F)c1. The van der Waals surface area contributed by atoms with E-state index in [0.29, 0.717) is 11.3 Å². The molecule has 2 aromatic carbocycles. The highest BCUT2D eigenvalue weighted by Gasteiger charge is 2.16. The van der Waals surface area contributed by atoms with Crippen molar-refractivity contribution in [2.24, 2.45) is 0 Å². The minimum Gasteiger partial charge on any atom is -0.464 e. The normalized spacial score (nSPS) is 11.7. The van der Waals surface area contributed by atoms with Crippen molar-refractivity contribution >= 4 is 5.91 Å². The molecule has 0 aliphatic rings. The molecule has 1 heterocycles. The number of aromatic nitrogens is 2. The van der Waals surface area contributed by atoms with Crippen LogP contribution in [0.1, 0.15) is 12.5 Å². The Morgan fingerprint density at radius 1 is 1.11 bits per heavy atom. The number of nitrogens with one attached hydrogen (secondary N) is 1. The number of nitrogens with zero attached hydrogens (tertiary/aromatic N) is 2. The third-order valence-corrected chi connectivity index (χ3v) is 3.87. The van der Waals surface area contributed by atoms with E-state index in [1.54, 1.807) is 12.1 Å². The number of halogens is 2. The summed E-state index contributed by atoms with van der Waals surface area (Å²) in [7, 11) is 0. The molecule has 8 heteroatoms. The second kappa shape index (κ2) is 8.43. The fraction of sp³-hybridized carbons (Fsp3) is 0.150. The fourth-order valence-electron chi connectivity index (χ4n) is 2.44. The first kappa shape index (κ1) is 19.2. The summed E-state index contributed by atoms with van der Waals surface area (Å²) in [5, 5.41) is 6.70. The summed E-state index contributed by atoms with van der Waals surface area (Å²) in [6.07, 6.45) is -0.903. The zero-order chi connectivity index (χ0) is 20.1. The van der Waals surface area contributed by atoms with Crippen molar-refractivity contribution < 1.29 is 18.3 Å². The molecule has 6 nitrogen and oxygen atoms in total. The van der Waals surface area contributed by atoms with E-state index in [0.717, 1.165) is 4.68 Å². The van der Waals surface area contributed by atoms with Gasteiger partial charge in [-0.15, -0.1) is 5.10 Å². The first-order chi connectivity index (χ1) is 13.4. The molecular weight excluding hydrogens is 368 g/mol. The van der Waals surface area contributed by atoms with Crippen LogP contribution in [0.15, 0.2) is 65.5 Å². The fourth-order valence-corrected chi connectivity index (χ4v) is 2.44. The van der Waals surface area contributed by atoms with Gasteiger partial charge in [0.1, 0.15) is 11.6 Å². The van der Waals surface area contributed by atoms with Crippen molar-refractivity contribution in [1.29, 1.82) is 0 Å². The average Bonchev–Trinajstić information content (AvgIpc) is 2.68. The molecule has 0 aliphatic heterocycles. The van der Waals surface area contributed by atoms with E-state index in [9.17, 15) is 18.4 Å². The minimum absolute atomic E-state index is 0.0531. The monoisotopic (exact) mass is 385 g/mol. The molecule has 0 saturated heterocycles. The van der Waals surface area contributed by atoms with E-state index in [4.69, 9.17) is 4.74 Å². The summed E-state index contributed by atoms with van der Waals surface area (Å²) in [5.41, 5.74) is 0.547. The molecule has 1 amide bonds. The van der Waals surface area contributed by atoms with Gasteiger partial charge in [-0.25, -0.2) is 8.78 Å². The number of carbonyl (C=O) groups excluding carboxylic acids is 1. The summed E-state index contributed by atoms with van der Waals surface area (Å²) in [5.74, 6) is -1.20. The Morgan fingerprint density at radius 3 is 2.57 bits per heavy atom. The molecule has 0 aliphatic carbocycles. The predicted molar refractivity (Wildman–Crippen MR) is 98.1 cm³/mol.